The van der Waals surface area contributed by atoms with Crippen LogP contribution in [0.2, 0.25) is 0 Å². The maximum Gasteiger partial charge on any atom is 0.151 e. The van der Waals surface area contributed by atoms with Gasteiger partial charge < -0.3 is 10.1 Å². The molecule has 0 atom stereocenters. The van der Waals surface area contributed by atoms with E-state index >= 15 is 0 Å². The van der Waals surface area contributed by atoms with E-state index in [1.165, 1.54) is 0 Å². The van der Waals surface area contributed by atoms with Gasteiger partial charge in [-0.3, -0.25) is 4.57 Å². The summed E-state index contributed by atoms with van der Waals surface area (Å²) in [6, 6.07) is 7.78. The molecule has 0 fully saturated rings. The Morgan fingerprint density at radius 2 is 2.06 bits per heavy atom. The molecule has 0 aliphatic heterocycles. The maximum absolute atomic E-state index is 5.11. The van der Waals surface area contributed by atoms with E-state index in [1.807, 2.05) is 35.9 Å². The van der Waals surface area contributed by atoms with Crippen molar-refractivity contribution < 1.29 is 4.74 Å². The zero-order valence-corrected chi connectivity index (χ0v) is 9.34. The molecule has 0 radical (unpaired) electrons. The van der Waals surface area contributed by atoms with E-state index in [0.29, 0.717) is 6.54 Å². The molecule has 2 rings (SSSR count). The largest absolute Gasteiger partial charge is 0.497 e. The summed E-state index contributed by atoms with van der Waals surface area (Å²) in [6.45, 7) is 0.687. The van der Waals surface area contributed by atoms with E-state index in [1.54, 1.807) is 13.4 Å². The second-order valence-corrected chi connectivity index (χ2v) is 3.35. The van der Waals surface area contributed by atoms with Gasteiger partial charge in [-0.1, -0.05) is 0 Å². The fourth-order valence-electron chi connectivity index (χ4n) is 1.50. The van der Waals surface area contributed by atoms with Crippen molar-refractivity contribution in [1.29, 1.82) is 0 Å². The molecule has 1 N–H and O–H groups in total. The summed E-state index contributed by atoms with van der Waals surface area (Å²) in [5.41, 5.74) is 1.02. The molecule has 5 nitrogen and oxygen atoms in total. The van der Waals surface area contributed by atoms with Gasteiger partial charge in [-0.25, -0.2) is 0 Å². The lowest BCUT2D eigenvalue weighted by molar-refractivity contribution is 0.414. The third kappa shape index (κ3) is 2.04. The first-order valence-electron chi connectivity index (χ1n) is 5.03. The molecule has 84 valence electrons. The SMILES string of the molecule is CNCc1nncn1-c1ccc(OC)cc1. The molecule has 0 amide bonds. The summed E-state index contributed by atoms with van der Waals surface area (Å²) in [7, 11) is 3.53. The van der Waals surface area contributed by atoms with Crippen LogP contribution in [-0.4, -0.2) is 28.9 Å². The number of aromatic nitrogens is 3. The normalized spacial score (nSPS) is 10.4. The Balaban J connectivity index is 2.31. The van der Waals surface area contributed by atoms with Crippen molar-refractivity contribution in [1.82, 2.24) is 20.1 Å². The molecular weight excluding hydrogens is 204 g/mol. The highest BCUT2D eigenvalue weighted by Gasteiger charge is 2.04. The number of nitrogens with zero attached hydrogens (tertiary/aromatic N) is 3. The zero-order valence-electron chi connectivity index (χ0n) is 9.34. The summed E-state index contributed by atoms with van der Waals surface area (Å²) in [6.07, 6.45) is 1.70. The Bertz CT molecular complexity index is 449. The first-order valence-corrected chi connectivity index (χ1v) is 5.03. The number of hydrogen-bond acceptors (Lipinski definition) is 4. The molecule has 0 spiro atoms. The molecule has 0 unspecified atom stereocenters. The topological polar surface area (TPSA) is 52.0 Å². The Hall–Kier alpha value is -1.88. The molecule has 0 bridgehead atoms. The van der Waals surface area contributed by atoms with Crippen molar-refractivity contribution >= 4 is 0 Å². The second kappa shape index (κ2) is 4.76. The van der Waals surface area contributed by atoms with E-state index < -0.39 is 0 Å². The van der Waals surface area contributed by atoms with E-state index in [-0.39, 0.29) is 0 Å². The lowest BCUT2D eigenvalue weighted by atomic mass is 10.3. The molecule has 2 aromatic rings. The number of nitrogens with one attached hydrogen (secondary N) is 1. The van der Waals surface area contributed by atoms with Gasteiger partial charge in [-0.05, 0) is 31.3 Å². The lowest BCUT2D eigenvalue weighted by Gasteiger charge is -2.06. The first kappa shape index (κ1) is 10.6. The van der Waals surface area contributed by atoms with Gasteiger partial charge >= 0.3 is 0 Å². The summed E-state index contributed by atoms with van der Waals surface area (Å²) < 4.78 is 7.05. The molecular formula is C11H14N4O. The quantitative estimate of drug-likeness (QED) is 0.831. The predicted molar refractivity (Wildman–Crippen MR) is 60.7 cm³/mol. The van der Waals surface area contributed by atoms with Crippen molar-refractivity contribution in [2.45, 2.75) is 6.54 Å². The monoisotopic (exact) mass is 218 g/mol. The van der Waals surface area contributed by atoms with E-state index in [9.17, 15) is 0 Å². The van der Waals surface area contributed by atoms with Crippen molar-refractivity contribution in [3.8, 4) is 11.4 Å². The molecule has 0 saturated heterocycles. The fourth-order valence-corrected chi connectivity index (χ4v) is 1.50. The molecule has 5 heteroatoms. The van der Waals surface area contributed by atoms with Gasteiger partial charge in [-0.2, -0.15) is 0 Å². The van der Waals surface area contributed by atoms with Crippen LogP contribution in [0.1, 0.15) is 5.82 Å². The van der Waals surface area contributed by atoms with Crippen LogP contribution in [0.15, 0.2) is 30.6 Å². The lowest BCUT2D eigenvalue weighted by Crippen LogP contribution is -2.11. The molecule has 0 saturated carbocycles. The fraction of sp³-hybridized carbons (Fsp3) is 0.273. The third-order valence-corrected chi connectivity index (χ3v) is 2.30. The van der Waals surface area contributed by atoms with Crippen molar-refractivity contribution in [2.75, 3.05) is 14.2 Å². The minimum Gasteiger partial charge on any atom is -0.497 e. The highest BCUT2D eigenvalue weighted by molar-refractivity contribution is 5.37. The number of benzene rings is 1. The summed E-state index contributed by atoms with van der Waals surface area (Å²) in [5.74, 6) is 1.72. The number of hydrogen-bond donors (Lipinski definition) is 1. The van der Waals surface area contributed by atoms with Crippen molar-refractivity contribution in [3.63, 3.8) is 0 Å². The van der Waals surface area contributed by atoms with Crippen LogP contribution in [0, 0.1) is 0 Å². The number of rotatable bonds is 4. The van der Waals surface area contributed by atoms with Gasteiger partial charge in [0.2, 0.25) is 0 Å². The minimum atomic E-state index is 0.687. The van der Waals surface area contributed by atoms with Crippen LogP contribution in [0.4, 0.5) is 0 Å². The van der Waals surface area contributed by atoms with Crippen LogP contribution in [0.25, 0.3) is 5.69 Å². The molecule has 0 aliphatic carbocycles. The summed E-state index contributed by atoms with van der Waals surface area (Å²) in [5, 5.41) is 11.0. The Labute approximate surface area is 94.1 Å². The van der Waals surface area contributed by atoms with Gasteiger partial charge in [-0.15, -0.1) is 10.2 Å². The highest BCUT2D eigenvalue weighted by Crippen LogP contribution is 2.15. The third-order valence-electron chi connectivity index (χ3n) is 2.30. The van der Waals surface area contributed by atoms with Crippen LogP contribution < -0.4 is 10.1 Å². The van der Waals surface area contributed by atoms with Crippen LogP contribution in [0.5, 0.6) is 5.75 Å². The van der Waals surface area contributed by atoms with Gasteiger partial charge in [0.25, 0.3) is 0 Å². The number of ether oxygens (including phenoxy) is 1. The average molecular weight is 218 g/mol. The summed E-state index contributed by atoms with van der Waals surface area (Å²) >= 11 is 0. The highest BCUT2D eigenvalue weighted by atomic mass is 16.5. The molecule has 1 aromatic heterocycles. The molecule has 16 heavy (non-hydrogen) atoms. The van der Waals surface area contributed by atoms with Crippen LogP contribution >= 0.6 is 0 Å². The molecule has 0 aliphatic rings. The van der Waals surface area contributed by atoms with Gasteiger partial charge in [0.1, 0.15) is 12.1 Å². The van der Waals surface area contributed by atoms with Gasteiger partial charge in [0.15, 0.2) is 5.82 Å². The number of methoxy groups -OCH3 is 1. The maximum atomic E-state index is 5.11. The smallest absolute Gasteiger partial charge is 0.151 e. The van der Waals surface area contributed by atoms with E-state index in [4.69, 9.17) is 4.74 Å². The predicted octanol–water partition coefficient (Wildman–Crippen LogP) is 0.995. The van der Waals surface area contributed by atoms with Crippen LogP contribution in [0.3, 0.4) is 0 Å². The standard InChI is InChI=1S/C11H14N4O/c1-12-7-11-14-13-8-15(11)9-3-5-10(16-2)6-4-9/h3-6,8,12H,7H2,1-2H3. The average Bonchev–Trinajstić information content (AvgIpc) is 2.78. The van der Waals surface area contributed by atoms with Crippen molar-refractivity contribution in [2.24, 2.45) is 0 Å². The van der Waals surface area contributed by atoms with E-state index in [0.717, 1.165) is 17.3 Å². The van der Waals surface area contributed by atoms with Gasteiger partial charge in [0.05, 0.1) is 13.7 Å². The van der Waals surface area contributed by atoms with Crippen LogP contribution in [-0.2, 0) is 6.54 Å². The molecule has 1 heterocycles. The van der Waals surface area contributed by atoms with Gasteiger partial charge in [0, 0.05) is 5.69 Å². The Morgan fingerprint density at radius 3 is 2.69 bits per heavy atom. The Morgan fingerprint density at radius 1 is 1.31 bits per heavy atom. The first-order chi connectivity index (χ1) is 7.85. The second-order valence-electron chi connectivity index (χ2n) is 3.35. The van der Waals surface area contributed by atoms with E-state index in [2.05, 4.69) is 15.5 Å². The Kier molecular flexibility index (Phi) is 3.16. The minimum absolute atomic E-state index is 0.687. The molecule has 1 aromatic carbocycles. The van der Waals surface area contributed by atoms with Crippen molar-refractivity contribution in [3.05, 3.63) is 36.4 Å². The summed E-state index contributed by atoms with van der Waals surface area (Å²) in [4.78, 5) is 0. The zero-order chi connectivity index (χ0) is 11.4.